The summed E-state index contributed by atoms with van der Waals surface area (Å²) in [5, 5.41) is 0. The van der Waals surface area contributed by atoms with E-state index in [1.807, 2.05) is 19.9 Å². The molecule has 0 spiro atoms. The molecule has 0 amide bonds. The predicted octanol–water partition coefficient (Wildman–Crippen LogP) is 5.07. The topological polar surface area (TPSA) is 29.9 Å². The highest BCUT2D eigenvalue weighted by Crippen LogP contribution is 2.45. The molecule has 1 fully saturated rings. The molecule has 1 aliphatic carbocycles. The minimum Gasteiger partial charge on any atom is -0.489 e. The van der Waals surface area contributed by atoms with Gasteiger partial charge in [0, 0.05) is 6.54 Å². The van der Waals surface area contributed by atoms with Gasteiger partial charge in [0.1, 0.15) is 11.3 Å². The zero-order valence-corrected chi connectivity index (χ0v) is 13.9. The van der Waals surface area contributed by atoms with E-state index in [2.05, 4.69) is 28.6 Å². The Balaban J connectivity index is 2.03. The summed E-state index contributed by atoms with van der Waals surface area (Å²) in [5.74, 6) is 0.895. The molecule has 0 aliphatic heterocycles. The first-order valence-corrected chi connectivity index (χ1v) is 8.34. The van der Waals surface area contributed by atoms with Gasteiger partial charge in [0.2, 0.25) is 0 Å². The Morgan fingerprint density at radius 2 is 2.14 bits per heavy atom. The molecule has 1 saturated carbocycles. The third-order valence-electron chi connectivity index (χ3n) is 4.79. The normalized spacial score (nSPS) is 17.1. The second-order valence-electron chi connectivity index (χ2n) is 6.54. The lowest BCUT2D eigenvalue weighted by atomic mass is 9.67. The van der Waals surface area contributed by atoms with Gasteiger partial charge in [0.05, 0.1) is 11.6 Å². The van der Waals surface area contributed by atoms with Gasteiger partial charge in [0.25, 0.3) is 0 Å². The Morgan fingerprint density at radius 3 is 2.71 bits per heavy atom. The van der Waals surface area contributed by atoms with Crippen molar-refractivity contribution in [3.05, 3.63) is 23.0 Å². The number of aromatic nitrogens is 2. The summed E-state index contributed by atoms with van der Waals surface area (Å²) in [6.07, 6.45) is 5.38. The molecular weight excluding hydrogens is 280 g/mol. The standard InChI is InChI=1S/C17H24N2OS/c1-4-17(9-6-10-17)11-19-13-7-5-8-14(20-12(2)3)15(13)18-16(19)21/h5,7-8,12H,4,6,9-11H2,1-3H3,(H,18,21). The van der Waals surface area contributed by atoms with Crippen molar-refractivity contribution >= 4 is 23.3 Å². The van der Waals surface area contributed by atoms with Crippen molar-refractivity contribution in [1.29, 1.82) is 0 Å². The second kappa shape index (κ2) is 5.48. The first kappa shape index (κ1) is 14.6. The number of hydrogen-bond acceptors (Lipinski definition) is 2. The fraction of sp³-hybridized carbons (Fsp3) is 0.588. The van der Waals surface area contributed by atoms with Gasteiger partial charge in [-0.1, -0.05) is 19.4 Å². The molecule has 0 saturated heterocycles. The SMILES string of the molecule is CCC1(Cn2c(=S)[nH]c3c(OC(C)C)cccc32)CCC1. The Morgan fingerprint density at radius 1 is 1.38 bits per heavy atom. The van der Waals surface area contributed by atoms with Crippen LogP contribution in [0, 0.1) is 10.2 Å². The van der Waals surface area contributed by atoms with Gasteiger partial charge >= 0.3 is 0 Å². The molecule has 4 heteroatoms. The van der Waals surface area contributed by atoms with E-state index in [9.17, 15) is 0 Å². The summed E-state index contributed by atoms with van der Waals surface area (Å²) in [6.45, 7) is 7.41. The van der Waals surface area contributed by atoms with Crippen LogP contribution in [0.1, 0.15) is 46.5 Å². The number of benzene rings is 1. The number of ether oxygens (including phenoxy) is 1. The van der Waals surface area contributed by atoms with Gasteiger partial charge in [-0.15, -0.1) is 0 Å². The lowest BCUT2D eigenvalue weighted by molar-refractivity contribution is 0.101. The van der Waals surface area contributed by atoms with Crippen molar-refractivity contribution in [2.45, 2.75) is 59.1 Å². The maximum atomic E-state index is 5.90. The summed E-state index contributed by atoms with van der Waals surface area (Å²) in [7, 11) is 0. The maximum Gasteiger partial charge on any atom is 0.178 e. The van der Waals surface area contributed by atoms with E-state index >= 15 is 0 Å². The van der Waals surface area contributed by atoms with Crippen molar-refractivity contribution in [2.24, 2.45) is 5.41 Å². The van der Waals surface area contributed by atoms with Gasteiger partial charge in [-0.05, 0) is 62.9 Å². The van der Waals surface area contributed by atoms with Crippen molar-refractivity contribution < 1.29 is 4.74 Å². The summed E-state index contributed by atoms with van der Waals surface area (Å²) in [4.78, 5) is 3.35. The van der Waals surface area contributed by atoms with Gasteiger partial charge in [-0.25, -0.2) is 0 Å². The van der Waals surface area contributed by atoms with Gasteiger partial charge < -0.3 is 14.3 Å². The van der Waals surface area contributed by atoms with Crippen LogP contribution in [-0.2, 0) is 6.54 Å². The van der Waals surface area contributed by atoms with Gasteiger partial charge in [0.15, 0.2) is 4.77 Å². The van der Waals surface area contributed by atoms with Crippen LogP contribution in [-0.4, -0.2) is 15.7 Å². The first-order valence-electron chi connectivity index (χ1n) is 7.93. The molecule has 114 valence electrons. The molecule has 1 heterocycles. The Labute approximate surface area is 131 Å². The highest BCUT2D eigenvalue weighted by atomic mass is 32.1. The van der Waals surface area contributed by atoms with E-state index in [-0.39, 0.29) is 6.10 Å². The van der Waals surface area contributed by atoms with Crippen molar-refractivity contribution in [3.63, 3.8) is 0 Å². The smallest absolute Gasteiger partial charge is 0.178 e. The number of hydrogen-bond donors (Lipinski definition) is 1. The third kappa shape index (κ3) is 2.61. The van der Waals surface area contributed by atoms with Crippen LogP contribution < -0.4 is 4.74 Å². The van der Waals surface area contributed by atoms with Crippen LogP contribution in [0.3, 0.4) is 0 Å². The molecular formula is C17H24N2OS. The predicted molar refractivity (Wildman–Crippen MR) is 89.5 cm³/mol. The van der Waals surface area contributed by atoms with Crippen molar-refractivity contribution in [2.75, 3.05) is 0 Å². The van der Waals surface area contributed by atoms with E-state index in [4.69, 9.17) is 17.0 Å². The minimum atomic E-state index is 0.162. The van der Waals surface area contributed by atoms with Crippen LogP contribution in [0.4, 0.5) is 0 Å². The van der Waals surface area contributed by atoms with Gasteiger partial charge in [-0.3, -0.25) is 0 Å². The minimum absolute atomic E-state index is 0.162. The number of para-hydroxylation sites is 1. The number of rotatable bonds is 5. The molecule has 0 atom stereocenters. The van der Waals surface area contributed by atoms with Gasteiger partial charge in [-0.2, -0.15) is 0 Å². The molecule has 3 nitrogen and oxygen atoms in total. The Hall–Kier alpha value is -1.29. The number of nitrogens with one attached hydrogen (secondary N) is 1. The molecule has 0 unspecified atom stereocenters. The molecule has 3 rings (SSSR count). The molecule has 0 radical (unpaired) electrons. The summed E-state index contributed by atoms with van der Waals surface area (Å²) in [5.41, 5.74) is 2.64. The average Bonchev–Trinajstić information content (AvgIpc) is 2.71. The highest BCUT2D eigenvalue weighted by molar-refractivity contribution is 7.71. The largest absolute Gasteiger partial charge is 0.489 e. The van der Waals surface area contributed by atoms with Crippen LogP contribution in [0.25, 0.3) is 11.0 Å². The monoisotopic (exact) mass is 304 g/mol. The molecule has 0 bridgehead atoms. The molecule has 1 N–H and O–H groups in total. The number of nitrogens with zero attached hydrogens (tertiary/aromatic N) is 1. The summed E-state index contributed by atoms with van der Waals surface area (Å²) < 4.78 is 8.98. The highest BCUT2D eigenvalue weighted by Gasteiger charge is 2.36. The number of fused-ring (bicyclic) bond motifs is 1. The Bertz CT molecular complexity index is 689. The fourth-order valence-electron chi connectivity index (χ4n) is 3.30. The van der Waals surface area contributed by atoms with E-state index in [0.717, 1.165) is 28.1 Å². The summed E-state index contributed by atoms with van der Waals surface area (Å²) in [6, 6.07) is 6.20. The summed E-state index contributed by atoms with van der Waals surface area (Å²) >= 11 is 5.57. The zero-order chi connectivity index (χ0) is 15.0. The van der Waals surface area contributed by atoms with Crippen LogP contribution in [0.2, 0.25) is 0 Å². The van der Waals surface area contributed by atoms with E-state index in [1.54, 1.807) is 0 Å². The lowest BCUT2D eigenvalue weighted by Crippen LogP contribution is -2.33. The number of imidazole rings is 1. The molecule has 1 aromatic heterocycles. The Kier molecular flexibility index (Phi) is 3.82. The van der Waals surface area contributed by atoms with E-state index in [0.29, 0.717) is 5.41 Å². The second-order valence-corrected chi connectivity index (χ2v) is 6.93. The number of aromatic amines is 1. The van der Waals surface area contributed by atoms with Crippen LogP contribution >= 0.6 is 12.2 Å². The fourth-order valence-corrected chi connectivity index (χ4v) is 3.56. The van der Waals surface area contributed by atoms with Crippen LogP contribution in [0.5, 0.6) is 5.75 Å². The third-order valence-corrected chi connectivity index (χ3v) is 5.11. The van der Waals surface area contributed by atoms with Crippen molar-refractivity contribution in [3.8, 4) is 5.75 Å². The maximum absolute atomic E-state index is 5.90. The average molecular weight is 304 g/mol. The quantitative estimate of drug-likeness (QED) is 0.782. The molecule has 1 aliphatic rings. The van der Waals surface area contributed by atoms with Crippen LogP contribution in [0.15, 0.2) is 18.2 Å². The lowest BCUT2D eigenvalue weighted by Gasteiger charge is -2.41. The molecule has 2 aromatic rings. The first-order chi connectivity index (χ1) is 10.0. The molecule has 1 aromatic carbocycles. The van der Waals surface area contributed by atoms with E-state index < -0.39 is 0 Å². The number of H-pyrrole nitrogens is 1. The van der Waals surface area contributed by atoms with Crippen molar-refractivity contribution in [1.82, 2.24) is 9.55 Å². The molecule has 21 heavy (non-hydrogen) atoms. The van der Waals surface area contributed by atoms with E-state index in [1.165, 1.54) is 25.7 Å². The zero-order valence-electron chi connectivity index (χ0n) is 13.1.